The molecule has 0 saturated heterocycles. The fourth-order valence-electron chi connectivity index (χ4n) is 2.79. The van der Waals surface area contributed by atoms with Crippen LogP contribution in [0, 0.1) is 11.3 Å². The second-order valence-electron chi connectivity index (χ2n) is 6.51. The molecule has 0 bridgehead atoms. The van der Waals surface area contributed by atoms with E-state index in [4.69, 9.17) is 28.9 Å². The SMILES string of the molecule is CN(C)CC(O)(c1c(C#N)nn(-c2c(Cl)cc(C(F)(F)F)cc2Cl)c1N)C(F)(F)F. The summed E-state index contributed by atoms with van der Waals surface area (Å²) in [5.41, 5.74) is -1.53. The lowest BCUT2D eigenvalue weighted by Gasteiger charge is -2.32. The summed E-state index contributed by atoms with van der Waals surface area (Å²) in [7, 11) is 2.49. The first-order valence-corrected chi connectivity index (χ1v) is 8.59. The van der Waals surface area contributed by atoms with Gasteiger partial charge in [-0.1, -0.05) is 23.2 Å². The van der Waals surface area contributed by atoms with E-state index in [1.54, 1.807) is 0 Å². The van der Waals surface area contributed by atoms with Crippen LogP contribution in [0.1, 0.15) is 16.8 Å². The molecule has 0 aliphatic rings. The lowest BCUT2D eigenvalue weighted by atomic mass is 9.92. The molecule has 0 fully saturated rings. The molecule has 2 aromatic rings. The molecule has 6 nitrogen and oxygen atoms in total. The van der Waals surface area contributed by atoms with Crippen LogP contribution in [0.15, 0.2) is 12.1 Å². The summed E-state index contributed by atoms with van der Waals surface area (Å²) in [4.78, 5) is 1.00. The van der Waals surface area contributed by atoms with Crippen LogP contribution in [0.5, 0.6) is 0 Å². The van der Waals surface area contributed by atoms with Crippen molar-refractivity contribution in [3.8, 4) is 11.8 Å². The minimum atomic E-state index is -5.28. The highest BCUT2D eigenvalue weighted by Gasteiger charge is 2.58. The molecule has 30 heavy (non-hydrogen) atoms. The largest absolute Gasteiger partial charge is 0.422 e. The molecule has 1 heterocycles. The minimum absolute atomic E-state index is 0.478. The lowest BCUT2D eigenvalue weighted by molar-refractivity contribution is -0.270. The van der Waals surface area contributed by atoms with Crippen LogP contribution in [0.2, 0.25) is 10.0 Å². The summed E-state index contributed by atoms with van der Waals surface area (Å²) in [5.74, 6) is -0.864. The Morgan fingerprint density at radius 3 is 2.03 bits per heavy atom. The standard InChI is InChI=1S/C16H13Cl2F6N5O/c1-28(2)6-14(30,16(22,23)24)11-10(5-25)27-29(13(11)26)12-8(17)3-7(4-9(12)18)15(19,20)21/h3-4,30H,6,26H2,1-2H3. The van der Waals surface area contributed by atoms with Crippen molar-refractivity contribution in [2.45, 2.75) is 18.0 Å². The van der Waals surface area contributed by atoms with Crippen LogP contribution in [-0.2, 0) is 11.8 Å². The number of aromatic nitrogens is 2. The van der Waals surface area contributed by atoms with Gasteiger partial charge in [-0.3, -0.25) is 0 Å². The van der Waals surface area contributed by atoms with Crippen molar-refractivity contribution >= 4 is 29.0 Å². The Morgan fingerprint density at radius 2 is 1.67 bits per heavy atom. The summed E-state index contributed by atoms with van der Waals surface area (Å²) in [6.45, 7) is -1.02. The monoisotopic (exact) mass is 475 g/mol. The van der Waals surface area contributed by atoms with E-state index in [9.17, 15) is 36.7 Å². The molecular weight excluding hydrogens is 463 g/mol. The van der Waals surface area contributed by atoms with Gasteiger partial charge in [-0.15, -0.1) is 0 Å². The van der Waals surface area contributed by atoms with Crippen molar-refractivity contribution in [1.29, 1.82) is 5.26 Å². The quantitative estimate of drug-likeness (QED) is 0.653. The normalized spacial score (nSPS) is 14.6. The molecule has 0 spiro atoms. The Bertz CT molecular complexity index is 988. The fraction of sp³-hybridized carbons (Fsp3) is 0.375. The second-order valence-corrected chi connectivity index (χ2v) is 7.33. The third kappa shape index (κ3) is 4.15. The summed E-state index contributed by atoms with van der Waals surface area (Å²) < 4.78 is 80.5. The molecule has 1 aromatic carbocycles. The van der Waals surface area contributed by atoms with Crippen LogP contribution in [0.4, 0.5) is 32.2 Å². The second kappa shape index (κ2) is 7.81. The molecule has 2 rings (SSSR count). The van der Waals surface area contributed by atoms with E-state index in [2.05, 4.69) is 5.10 Å². The number of alkyl halides is 6. The number of halogens is 8. The molecule has 0 aliphatic carbocycles. The number of anilines is 1. The number of nitrogen functional groups attached to an aromatic ring is 1. The first kappa shape index (κ1) is 24.1. The highest BCUT2D eigenvalue weighted by molar-refractivity contribution is 6.38. The van der Waals surface area contributed by atoms with Crippen molar-refractivity contribution in [1.82, 2.24) is 14.7 Å². The van der Waals surface area contributed by atoms with Crippen LogP contribution < -0.4 is 5.73 Å². The van der Waals surface area contributed by atoms with Gasteiger partial charge in [0.1, 0.15) is 17.6 Å². The van der Waals surface area contributed by atoms with Crippen LogP contribution >= 0.6 is 23.2 Å². The van der Waals surface area contributed by atoms with E-state index in [-0.39, 0.29) is 0 Å². The highest BCUT2D eigenvalue weighted by Crippen LogP contribution is 2.45. The predicted octanol–water partition coefficient (Wildman–Crippen LogP) is 3.96. The molecule has 1 aromatic heterocycles. The Hall–Kier alpha value is -2.20. The molecular formula is C16H13Cl2F6N5O. The first-order chi connectivity index (χ1) is 13.5. The number of rotatable bonds is 4. The Morgan fingerprint density at radius 1 is 1.17 bits per heavy atom. The maximum absolute atomic E-state index is 13.7. The van der Waals surface area contributed by atoms with E-state index in [1.165, 1.54) is 20.2 Å². The lowest BCUT2D eigenvalue weighted by Crippen LogP contribution is -2.50. The van der Waals surface area contributed by atoms with Gasteiger partial charge in [0.05, 0.1) is 21.2 Å². The van der Waals surface area contributed by atoms with Crippen molar-refractivity contribution in [3.05, 3.63) is 39.0 Å². The van der Waals surface area contributed by atoms with Gasteiger partial charge in [0.25, 0.3) is 0 Å². The average Bonchev–Trinajstić information content (AvgIpc) is 2.88. The number of benzene rings is 1. The van der Waals surface area contributed by atoms with Gasteiger partial charge in [-0.25, -0.2) is 4.68 Å². The van der Waals surface area contributed by atoms with Crippen molar-refractivity contribution in [3.63, 3.8) is 0 Å². The Kier molecular flexibility index (Phi) is 6.27. The van der Waals surface area contributed by atoms with E-state index in [1.807, 2.05) is 0 Å². The third-order valence-corrected chi connectivity index (χ3v) is 4.59. The van der Waals surface area contributed by atoms with Gasteiger partial charge in [0, 0.05) is 6.54 Å². The molecule has 0 radical (unpaired) electrons. The van der Waals surface area contributed by atoms with Crippen molar-refractivity contribution in [2.24, 2.45) is 0 Å². The zero-order valence-corrected chi connectivity index (χ0v) is 16.7. The topological polar surface area (TPSA) is 91.1 Å². The summed E-state index contributed by atoms with van der Waals surface area (Å²) in [6, 6.07) is 2.35. The van der Waals surface area contributed by atoms with Gasteiger partial charge in [0.2, 0.25) is 5.60 Å². The molecule has 0 amide bonds. The first-order valence-electron chi connectivity index (χ1n) is 7.84. The smallest absolute Gasteiger partial charge is 0.383 e. The molecule has 0 saturated carbocycles. The zero-order chi connectivity index (χ0) is 23.2. The molecule has 1 unspecified atom stereocenters. The molecule has 14 heteroatoms. The summed E-state index contributed by atoms with van der Waals surface area (Å²) in [5, 5.41) is 22.1. The summed E-state index contributed by atoms with van der Waals surface area (Å²) in [6.07, 6.45) is -10.1. The highest BCUT2D eigenvalue weighted by atomic mass is 35.5. The average molecular weight is 476 g/mol. The van der Waals surface area contributed by atoms with Crippen LogP contribution in [0.25, 0.3) is 5.69 Å². The molecule has 3 N–H and O–H groups in total. The number of hydrogen-bond donors (Lipinski definition) is 2. The Balaban J connectivity index is 2.83. The maximum atomic E-state index is 13.7. The van der Waals surface area contributed by atoms with Crippen molar-refractivity contribution in [2.75, 3.05) is 26.4 Å². The van der Waals surface area contributed by atoms with E-state index >= 15 is 0 Å². The van der Waals surface area contributed by atoms with E-state index in [0.29, 0.717) is 16.8 Å². The minimum Gasteiger partial charge on any atom is -0.383 e. The van der Waals surface area contributed by atoms with Gasteiger partial charge < -0.3 is 15.7 Å². The third-order valence-electron chi connectivity index (χ3n) is 4.01. The number of nitrogens with zero attached hydrogens (tertiary/aromatic N) is 4. The molecule has 1 atom stereocenters. The van der Waals surface area contributed by atoms with Crippen molar-refractivity contribution < 1.29 is 31.4 Å². The predicted molar refractivity (Wildman–Crippen MR) is 96.2 cm³/mol. The number of nitriles is 1. The number of aliphatic hydroxyl groups is 1. The maximum Gasteiger partial charge on any atom is 0.422 e. The van der Waals surface area contributed by atoms with Crippen LogP contribution in [-0.4, -0.2) is 46.6 Å². The fourth-order valence-corrected chi connectivity index (χ4v) is 3.43. The van der Waals surface area contributed by atoms with Gasteiger partial charge in [0.15, 0.2) is 5.69 Å². The van der Waals surface area contributed by atoms with Gasteiger partial charge in [-0.2, -0.15) is 36.7 Å². The number of nitrogens with two attached hydrogens (primary N) is 1. The van der Waals surface area contributed by atoms with Gasteiger partial charge in [-0.05, 0) is 26.2 Å². The number of likely N-dealkylation sites (N-methyl/N-ethyl adjacent to an activating group) is 1. The molecule has 164 valence electrons. The van der Waals surface area contributed by atoms with Gasteiger partial charge >= 0.3 is 12.4 Å². The Labute approximate surface area is 176 Å². The zero-order valence-electron chi connectivity index (χ0n) is 15.2. The van der Waals surface area contributed by atoms with Crippen LogP contribution in [0.3, 0.4) is 0 Å². The van der Waals surface area contributed by atoms with E-state index < -0.39 is 62.9 Å². The van der Waals surface area contributed by atoms with E-state index in [0.717, 1.165) is 4.90 Å². The number of hydrogen-bond acceptors (Lipinski definition) is 5. The molecule has 0 aliphatic heterocycles. The summed E-state index contributed by atoms with van der Waals surface area (Å²) >= 11 is 11.7.